The molecule has 1 unspecified atom stereocenters. The van der Waals surface area contributed by atoms with Gasteiger partial charge in [-0.2, -0.15) is 0 Å². The Hall–Kier alpha value is -3.39. The number of alkyl halides is 2. The molecule has 0 spiro atoms. The molecular weight excluding hydrogens is 629 g/mol. The molecule has 8 atom stereocenters. The molecule has 45 heavy (non-hydrogen) atoms. The lowest BCUT2D eigenvalue weighted by Gasteiger charge is -2.35. The minimum Gasteiger partial charge on any atom is -0.347 e. The normalized spacial score (nSPS) is 30.4. The number of H-pyrrole nitrogens is 1. The maximum absolute atomic E-state index is 14.9. The summed E-state index contributed by atoms with van der Waals surface area (Å²) in [5.41, 5.74) is -0.190. The van der Waals surface area contributed by atoms with E-state index in [1.54, 1.807) is 22.2 Å². The number of carbonyl (C=O) groups is 3. The molecule has 3 saturated heterocycles. The van der Waals surface area contributed by atoms with Crippen molar-refractivity contribution in [1.82, 2.24) is 25.5 Å². The average Bonchev–Trinajstić information content (AvgIpc) is 3.52. The van der Waals surface area contributed by atoms with Crippen LogP contribution < -0.4 is 15.5 Å². The number of nitrogens with zero attached hydrogens (tertiary/aromatic N) is 3. The van der Waals surface area contributed by atoms with Crippen LogP contribution in [0.25, 0.3) is 10.1 Å². The number of hydrogen-bond acceptors (Lipinski definition) is 7. The number of carbonyl (C=O) groups excluding carboxylic acids is 3. The van der Waals surface area contributed by atoms with Crippen molar-refractivity contribution in [2.24, 2.45) is 11.8 Å². The summed E-state index contributed by atoms with van der Waals surface area (Å²) in [6.07, 6.45) is 5.22. The molecule has 5 N–H and O–H groups in total. The van der Waals surface area contributed by atoms with Gasteiger partial charge < -0.3 is 35.2 Å². The SMILES string of the molecule is O=C(N[C@H]1C[C@@H]2C[C@@H]2C[C@H]2CC[C@@H](C(=O)N[C@H]3CN(c4ncc[nH]4)C[C@@H]3F)N2C1=O)c1cc2cc(C(F)P(=O)(O)O)ccc2s1. The number of amides is 3. The highest BCUT2D eigenvalue weighted by Crippen LogP contribution is 2.53. The number of fused-ring (bicyclic) bond motifs is 3. The zero-order valence-electron chi connectivity index (χ0n) is 24.0. The second kappa shape index (κ2) is 11.4. The summed E-state index contributed by atoms with van der Waals surface area (Å²) in [6, 6.07) is 3.07. The first kappa shape index (κ1) is 30.3. The van der Waals surface area contributed by atoms with E-state index in [0.717, 1.165) is 24.2 Å². The monoisotopic (exact) mass is 662 g/mol. The van der Waals surface area contributed by atoms with Gasteiger partial charge in [-0.15, -0.1) is 11.3 Å². The van der Waals surface area contributed by atoms with E-state index in [9.17, 15) is 37.5 Å². The maximum atomic E-state index is 14.9. The van der Waals surface area contributed by atoms with Crippen LogP contribution in [0.2, 0.25) is 0 Å². The van der Waals surface area contributed by atoms with E-state index in [1.165, 1.54) is 24.3 Å². The fourth-order valence-corrected chi connectivity index (χ4v) is 8.67. The number of halogens is 2. The van der Waals surface area contributed by atoms with Crippen LogP contribution in [0.5, 0.6) is 0 Å². The molecule has 2 aromatic heterocycles. The predicted molar refractivity (Wildman–Crippen MR) is 161 cm³/mol. The number of hydrogen-bond donors (Lipinski definition) is 5. The molecule has 4 aliphatic rings. The Morgan fingerprint density at radius 1 is 1.11 bits per heavy atom. The third-order valence-electron chi connectivity index (χ3n) is 9.54. The molecule has 1 saturated carbocycles. The Morgan fingerprint density at radius 2 is 1.91 bits per heavy atom. The molecule has 0 bridgehead atoms. The topological polar surface area (TPSA) is 168 Å². The minimum absolute atomic E-state index is 0.0860. The number of aromatic nitrogens is 2. The molecule has 0 radical (unpaired) electrons. The minimum atomic E-state index is -4.99. The number of rotatable bonds is 7. The molecule has 12 nitrogen and oxygen atoms in total. The van der Waals surface area contributed by atoms with Gasteiger partial charge in [-0.05, 0) is 73.1 Å². The first-order valence-corrected chi connectivity index (χ1v) is 17.5. The van der Waals surface area contributed by atoms with E-state index in [1.807, 2.05) is 0 Å². The lowest BCUT2D eigenvalue weighted by Crippen LogP contribution is -2.58. The number of thiophene rings is 1. The van der Waals surface area contributed by atoms with Crippen LogP contribution in [-0.2, 0) is 14.2 Å². The van der Waals surface area contributed by atoms with Crippen molar-refractivity contribution >= 4 is 52.7 Å². The van der Waals surface area contributed by atoms with Crippen molar-refractivity contribution in [1.29, 1.82) is 0 Å². The van der Waals surface area contributed by atoms with E-state index < -0.39 is 49.6 Å². The average molecular weight is 663 g/mol. The number of nitrogens with one attached hydrogen (secondary N) is 3. The lowest BCUT2D eigenvalue weighted by molar-refractivity contribution is -0.143. The van der Waals surface area contributed by atoms with Crippen molar-refractivity contribution in [3.8, 4) is 0 Å². The van der Waals surface area contributed by atoms with Crippen molar-refractivity contribution < 1.29 is 37.5 Å². The van der Waals surface area contributed by atoms with Gasteiger partial charge in [-0.3, -0.25) is 18.9 Å². The Labute approximate surface area is 260 Å². The summed E-state index contributed by atoms with van der Waals surface area (Å²) < 4.78 is 41.2. The fourth-order valence-electron chi connectivity index (χ4n) is 7.17. The van der Waals surface area contributed by atoms with E-state index in [-0.39, 0.29) is 35.5 Å². The molecule has 3 aliphatic heterocycles. The van der Waals surface area contributed by atoms with Gasteiger partial charge in [0.1, 0.15) is 18.3 Å². The standard InChI is InChI=1S/C29H33F2N6O6PS/c30-19-12-36(29-32-5-6-33-29)13-21(19)35-26(38)22-3-2-18-9-15-8-16(15)10-20(28(40)37(18)22)34-27(39)24-11-17-7-14(1-4-23(17)45-24)25(31)44(41,42)43/h1,4-7,11,15-16,18-22,25H,2-3,8-10,12-13H2,(H,32,33)(H,34,39)(H,35,38)(H2,41,42,43)/t15-,16+,18-,19+,20+,21+,22+,25?/m1/s1. The summed E-state index contributed by atoms with van der Waals surface area (Å²) in [4.78, 5) is 70.2. The molecule has 4 fully saturated rings. The van der Waals surface area contributed by atoms with Crippen LogP contribution >= 0.6 is 18.9 Å². The number of aromatic amines is 1. The van der Waals surface area contributed by atoms with Gasteiger partial charge in [0.2, 0.25) is 23.7 Å². The molecule has 7 rings (SSSR count). The van der Waals surface area contributed by atoms with Crippen LogP contribution in [0.4, 0.5) is 14.7 Å². The van der Waals surface area contributed by atoms with Crippen LogP contribution in [-0.4, -0.2) is 85.8 Å². The van der Waals surface area contributed by atoms with E-state index in [2.05, 4.69) is 20.6 Å². The highest BCUT2D eigenvalue weighted by Gasteiger charge is 2.52. The van der Waals surface area contributed by atoms with Crippen LogP contribution in [0.3, 0.4) is 0 Å². The zero-order chi connectivity index (χ0) is 31.6. The summed E-state index contributed by atoms with van der Waals surface area (Å²) in [7, 11) is -4.99. The van der Waals surface area contributed by atoms with Gasteiger partial charge in [-0.25, -0.2) is 13.8 Å². The van der Waals surface area contributed by atoms with Crippen molar-refractivity contribution in [2.45, 2.75) is 68.4 Å². The van der Waals surface area contributed by atoms with Crippen molar-refractivity contribution in [3.63, 3.8) is 0 Å². The molecule has 240 valence electrons. The molecule has 1 aromatic carbocycles. The summed E-state index contributed by atoms with van der Waals surface area (Å²) in [5, 5.41) is 6.17. The number of imidazole rings is 1. The van der Waals surface area contributed by atoms with Crippen LogP contribution in [0.1, 0.15) is 53.3 Å². The highest BCUT2D eigenvalue weighted by molar-refractivity contribution is 7.51. The molecular formula is C29H33F2N6O6PS. The van der Waals surface area contributed by atoms with E-state index >= 15 is 0 Å². The predicted octanol–water partition coefficient (Wildman–Crippen LogP) is 3.00. The quantitative estimate of drug-likeness (QED) is 0.241. The summed E-state index contributed by atoms with van der Waals surface area (Å²) in [6.45, 7) is 0.331. The van der Waals surface area contributed by atoms with Gasteiger partial charge >= 0.3 is 7.60 Å². The molecule has 3 amide bonds. The second-order valence-corrected chi connectivity index (χ2v) is 15.2. The van der Waals surface area contributed by atoms with Crippen molar-refractivity contribution in [2.75, 3.05) is 18.0 Å². The molecule has 16 heteroatoms. The van der Waals surface area contributed by atoms with Gasteiger partial charge in [0, 0.05) is 29.7 Å². The van der Waals surface area contributed by atoms with Crippen LogP contribution in [0.15, 0.2) is 36.7 Å². The van der Waals surface area contributed by atoms with Gasteiger partial charge in [-0.1, -0.05) is 6.07 Å². The Bertz CT molecular complexity index is 1680. The Kier molecular flexibility index (Phi) is 7.70. The summed E-state index contributed by atoms with van der Waals surface area (Å²) in [5.74, 6) is -2.48. The van der Waals surface area contributed by atoms with E-state index in [0.29, 0.717) is 47.1 Å². The molecule has 1 aliphatic carbocycles. The zero-order valence-corrected chi connectivity index (χ0v) is 25.7. The maximum Gasteiger partial charge on any atom is 0.363 e. The van der Waals surface area contributed by atoms with Gasteiger partial charge in [0.25, 0.3) is 5.91 Å². The Morgan fingerprint density at radius 3 is 2.67 bits per heavy atom. The van der Waals surface area contributed by atoms with Gasteiger partial charge in [0.05, 0.1) is 17.5 Å². The Balaban J connectivity index is 1.06. The first-order chi connectivity index (χ1) is 21.5. The molecule has 3 aromatic rings. The fraction of sp³-hybridized carbons (Fsp3) is 0.517. The highest BCUT2D eigenvalue weighted by atomic mass is 32.1. The van der Waals surface area contributed by atoms with Crippen molar-refractivity contribution in [3.05, 3.63) is 47.1 Å². The van der Waals surface area contributed by atoms with Crippen LogP contribution in [0, 0.1) is 11.8 Å². The third-order valence-corrected chi connectivity index (χ3v) is 11.5. The third kappa shape index (κ3) is 5.86. The smallest absolute Gasteiger partial charge is 0.347 e. The van der Waals surface area contributed by atoms with E-state index in [4.69, 9.17) is 0 Å². The first-order valence-electron chi connectivity index (χ1n) is 15.0. The largest absolute Gasteiger partial charge is 0.363 e. The lowest BCUT2D eigenvalue weighted by atomic mass is 9.99. The number of anilines is 1. The number of benzene rings is 1. The molecule has 5 heterocycles. The van der Waals surface area contributed by atoms with Gasteiger partial charge in [0.15, 0.2) is 0 Å². The second-order valence-electron chi connectivity index (χ2n) is 12.5. The summed E-state index contributed by atoms with van der Waals surface area (Å²) >= 11 is 1.12.